The fourth-order valence-corrected chi connectivity index (χ4v) is 2.42. The average molecular weight is 284 g/mol. The zero-order valence-corrected chi connectivity index (χ0v) is 11.4. The van der Waals surface area contributed by atoms with Crippen molar-refractivity contribution in [1.82, 2.24) is 19.1 Å². The van der Waals surface area contributed by atoms with Crippen molar-refractivity contribution >= 4 is 18.1 Å². The summed E-state index contributed by atoms with van der Waals surface area (Å²) in [6.07, 6.45) is 2.78. The molecule has 1 aliphatic heterocycles. The van der Waals surface area contributed by atoms with Crippen molar-refractivity contribution in [3.05, 3.63) is 34.9 Å². The highest BCUT2D eigenvalue weighted by atomic mass is 35.5. The van der Waals surface area contributed by atoms with E-state index in [2.05, 4.69) is 10.00 Å². The molecule has 3 rings (SSSR count). The smallest absolute Gasteiger partial charge is 0.326 e. The minimum absolute atomic E-state index is 0. The van der Waals surface area contributed by atoms with E-state index in [1.165, 1.54) is 4.68 Å². The second-order valence-corrected chi connectivity index (χ2v) is 4.78. The topological polar surface area (TPSA) is 68.6 Å². The van der Waals surface area contributed by atoms with E-state index in [0.29, 0.717) is 12.2 Å². The van der Waals surface area contributed by atoms with Gasteiger partial charge in [-0.25, -0.2) is 9.48 Å². The Labute approximate surface area is 117 Å². The summed E-state index contributed by atoms with van der Waals surface area (Å²) in [5, 5.41) is 4.30. The van der Waals surface area contributed by atoms with Gasteiger partial charge in [0.15, 0.2) is 5.65 Å². The Morgan fingerprint density at radius 2 is 2.21 bits per heavy atom. The molecule has 0 unspecified atom stereocenters. The van der Waals surface area contributed by atoms with Crippen LogP contribution in [0, 0.1) is 0 Å². The Balaban J connectivity index is 0.00000133. The molecular formula is C12H18ClN5O. The second kappa shape index (κ2) is 5.73. The van der Waals surface area contributed by atoms with Crippen molar-refractivity contribution in [3.63, 3.8) is 0 Å². The maximum Gasteiger partial charge on any atom is 0.350 e. The molecule has 1 aliphatic rings. The van der Waals surface area contributed by atoms with Gasteiger partial charge in [0.1, 0.15) is 0 Å². The van der Waals surface area contributed by atoms with E-state index in [1.807, 2.05) is 18.2 Å². The SMILES string of the molecule is Cl.N[C@H]1CCN(CCn2nc3ccccn3c2=O)C1. The van der Waals surface area contributed by atoms with E-state index in [0.717, 1.165) is 26.1 Å². The Morgan fingerprint density at radius 1 is 1.37 bits per heavy atom. The molecule has 19 heavy (non-hydrogen) atoms. The molecule has 6 nitrogen and oxygen atoms in total. The molecule has 104 valence electrons. The molecule has 1 fully saturated rings. The van der Waals surface area contributed by atoms with Gasteiger partial charge in [-0.2, -0.15) is 0 Å². The first kappa shape index (κ1) is 14.0. The first-order valence-corrected chi connectivity index (χ1v) is 6.26. The van der Waals surface area contributed by atoms with Crippen LogP contribution in [0.15, 0.2) is 29.2 Å². The van der Waals surface area contributed by atoms with Crippen LogP contribution in [0.25, 0.3) is 5.65 Å². The Bertz CT molecular complexity index is 607. The number of pyridine rings is 1. The zero-order valence-electron chi connectivity index (χ0n) is 10.6. The van der Waals surface area contributed by atoms with E-state index in [1.54, 1.807) is 10.6 Å². The molecule has 0 aliphatic carbocycles. The third-order valence-corrected chi connectivity index (χ3v) is 3.43. The number of halogens is 1. The number of likely N-dealkylation sites (tertiary alicyclic amines) is 1. The van der Waals surface area contributed by atoms with Gasteiger partial charge in [-0.05, 0) is 25.1 Å². The summed E-state index contributed by atoms with van der Waals surface area (Å²) in [6.45, 7) is 3.39. The van der Waals surface area contributed by atoms with Crippen LogP contribution in [0.1, 0.15) is 6.42 Å². The van der Waals surface area contributed by atoms with Crippen LogP contribution in [-0.2, 0) is 6.54 Å². The average Bonchev–Trinajstić information content (AvgIpc) is 2.92. The summed E-state index contributed by atoms with van der Waals surface area (Å²) < 4.78 is 3.09. The largest absolute Gasteiger partial charge is 0.350 e. The molecule has 0 bridgehead atoms. The molecule has 1 atom stereocenters. The standard InChI is InChI=1S/C12H17N5O.ClH/c13-10-4-6-15(9-10)7-8-17-12(18)16-5-2-1-3-11(16)14-17;/h1-3,5,10H,4,6-9,13H2;1H/t10-;/m0./s1. The van der Waals surface area contributed by atoms with Crippen LogP contribution < -0.4 is 11.4 Å². The van der Waals surface area contributed by atoms with Crippen LogP contribution >= 0.6 is 12.4 Å². The normalized spacial score (nSPS) is 19.7. The van der Waals surface area contributed by atoms with Crippen molar-refractivity contribution in [1.29, 1.82) is 0 Å². The lowest BCUT2D eigenvalue weighted by Gasteiger charge is -2.13. The second-order valence-electron chi connectivity index (χ2n) is 4.78. The minimum atomic E-state index is -0.0749. The molecule has 3 heterocycles. The summed E-state index contributed by atoms with van der Waals surface area (Å²) in [6, 6.07) is 5.83. The van der Waals surface area contributed by atoms with Crippen molar-refractivity contribution in [3.8, 4) is 0 Å². The molecule has 2 aromatic heterocycles. The van der Waals surface area contributed by atoms with Crippen LogP contribution in [0.4, 0.5) is 0 Å². The first-order valence-electron chi connectivity index (χ1n) is 6.26. The summed E-state index contributed by atoms with van der Waals surface area (Å²) in [4.78, 5) is 14.3. The van der Waals surface area contributed by atoms with Gasteiger partial charge >= 0.3 is 5.69 Å². The van der Waals surface area contributed by atoms with E-state index in [-0.39, 0.29) is 24.1 Å². The summed E-state index contributed by atoms with van der Waals surface area (Å²) >= 11 is 0. The van der Waals surface area contributed by atoms with Crippen LogP contribution in [-0.4, -0.2) is 44.8 Å². The molecule has 0 aromatic carbocycles. The third-order valence-electron chi connectivity index (χ3n) is 3.43. The first-order chi connectivity index (χ1) is 8.74. The number of hydrogen-bond donors (Lipinski definition) is 1. The predicted molar refractivity (Wildman–Crippen MR) is 75.7 cm³/mol. The van der Waals surface area contributed by atoms with E-state index >= 15 is 0 Å². The predicted octanol–water partition coefficient (Wildman–Crippen LogP) is -0.0492. The van der Waals surface area contributed by atoms with Gasteiger partial charge in [0, 0.05) is 25.3 Å². The van der Waals surface area contributed by atoms with Crippen LogP contribution in [0.5, 0.6) is 0 Å². The lowest BCUT2D eigenvalue weighted by molar-refractivity contribution is 0.310. The van der Waals surface area contributed by atoms with Crippen molar-refractivity contribution in [2.45, 2.75) is 19.0 Å². The van der Waals surface area contributed by atoms with E-state index in [9.17, 15) is 4.79 Å². The molecule has 1 saturated heterocycles. The molecule has 0 radical (unpaired) electrons. The molecule has 2 aromatic rings. The van der Waals surface area contributed by atoms with Gasteiger partial charge in [0.05, 0.1) is 6.54 Å². The molecule has 0 saturated carbocycles. The molecule has 0 spiro atoms. The molecular weight excluding hydrogens is 266 g/mol. The number of aromatic nitrogens is 3. The van der Waals surface area contributed by atoms with E-state index in [4.69, 9.17) is 5.73 Å². The van der Waals surface area contributed by atoms with Crippen LogP contribution in [0.2, 0.25) is 0 Å². The van der Waals surface area contributed by atoms with Crippen LogP contribution in [0.3, 0.4) is 0 Å². The van der Waals surface area contributed by atoms with Gasteiger partial charge in [-0.15, -0.1) is 17.5 Å². The van der Waals surface area contributed by atoms with E-state index < -0.39 is 0 Å². The third kappa shape index (κ3) is 2.80. The van der Waals surface area contributed by atoms with Gasteiger partial charge in [0.25, 0.3) is 0 Å². The van der Waals surface area contributed by atoms with Gasteiger partial charge < -0.3 is 5.73 Å². The lowest BCUT2D eigenvalue weighted by Crippen LogP contribution is -2.32. The number of nitrogens with zero attached hydrogens (tertiary/aromatic N) is 4. The van der Waals surface area contributed by atoms with Crippen molar-refractivity contribution in [2.75, 3.05) is 19.6 Å². The highest BCUT2D eigenvalue weighted by molar-refractivity contribution is 5.85. The fourth-order valence-electron chi connectivity index (χ4n) is 2.42. The van der Waals surface area contributed by atoms with Gasteiger partial charge in [-0.3, -0.25) is 9.30 Å². The Hall–Kier alpha value is -1.37. The quantitative estimate of drug-likeness (QED) is 0.858. The monoisotopic (exact) mass is 283 g/mol. The highest BCUT2D eigenvalue weighted by Crippen LogP contribution is 2.06. The molecule has 7 heteroatoms. The molecule has 2 N–H and O–H groups in total. The number of fused-ring (bicyclic) bond motifs is 1. The fraction of sp³-hybridized carbons (Fsp3) is 0.500. The Morgan fingerprint density at radius 3 is 2.89 bits per heavy atom. The van der Waals surface area contributed by atoms with Gasteiger partial charge in [-0.1, -0.05) is 6.07 Å². The van der Waals surface area contributed by atoms with Gasteiger partial charge in [0.2, 0.25) is 0 Å². The minimum Gasteiger partial charge on any atom is -0.326 e. The summed E-state index contributed by atoms with van der Waals surface area (Å²) in [5.41, 5.74) is 6.48. The van der Waals surface area contributed by atoms with Crippen molar-refractivity contribution in [2.24, 2.45) is 5.73 Å². The van der Waals surface area contributed by atoms with Crippen molar-refractivity contribution < 1.29 is 0 Å². The number of nitrogens with two attached hydrogens (primary N) is 1. The maximum atomic E-state index is 12.0. The summed E-state index contributed by atoms with van der Waals surface area (Å²) in [5.74, 6) is 0. The molecule has 0 amide bonds. The summed E-state index contributed by atoms with van der Waals surface area (Å²) in [7, 11) is 0. The Kier molecular flexibility index (Phi) is 4.24. The maximum absolute atomic E-state index is 12.0. The highest BCUT2D eigenvalue weighted by Gasteiger charge is 2.18. The lowest BCUT2D eigenvalue weighted by atomic mass is 10.3. The number of hydrogen-bond acceptors (Lipinski definition) is 4. The number of rotatable bonds is 3. The zero-order chi connectivity index (χ0) is 12.5.